The summed E-state index contributed by atoms with van der Waals surface area (Å²) in [5, 5.41) is 11.0. The van der Waals surface area contributed by atoms with Crippen molar-refractivity contribution in [2.75, 3.05) is 6.54 Å². The molecule has 0 saturated heterocycles. The van der Waals surface area contributed by atoms with Gasteiger partial charge in [0, 0.05) is 12.6 Å². The Morgan fingerprint density at radius 3 is 2.10 bits per heavy atom. The number of sulfonamides is 1. The van der Waals surface area contributed by atoms with Crippen LogP contribution in [0.15, 0.2) is 29.2 Å². The van der Waals surface area contributed by atoms with E-state index < -0.39 is 20.9 Å². The Kier molecular flexibility index (Phi) is 7.33. The van der Waals surface area contributed by atoms with Gasteiger partial charge in [0.1, 0.15) is 6.61 Å². The van der Waals surface area contributed by atoms with E-state index in [4.69, 9.17) is 4.74 Å². The van der Waals surface area contributed by atoms with Crippen LogP contribution in [0.2, 0.25) is 0 Å². The predicted molar refractivity (Wildman–Crippen MR) is 113 cm³/mol. The minimum Gasteiger partial charge on any atom is -0.460 e. The van der Waals surface area contributed by atoms with Crippen LogP contribution < -0.4 is 4.72 Å². The summed E-state index contributed by atoms with van der Waals surface area (Å²) in [4.78, 5) is 22.7. The van der Waals surface area contributed by atoms with E-state index in [9.17, 15) is 23.3 Å². The molecule has 0 bridgehead atoms. The quantitative estimate of drug-likeness (QED) is 0.386. The standard InChI is InChI=1S/C21H26N2O6S/c1-13-14(2)16(4)21(17(5)15(13)3)30(27,28)22-11-10-20(24)29-12-18-8-6-7-9-19(18)23(25)26/h6-9,22H,10-12H2,1-5H3. The molecule has 0 heterocycles. The smallest absolute Gasteiger partial charge is 0.307 e. The minimum absolute atomic E-state index is 0.136. The molecule has 0 spiro atoms. The Balaban J connectivity index is 2.02. The molecule has 0 aromatic heterocycles. The van der Waals surface area contributed by atoms with Crippen molar-refractivity contribution in [1.29, 1.82) is 0 Å². The van der Waals surface area contributed by atoms with E-state index in [1.165, 1.54) is 18.2 Å². The van der Waals surface area contributed by atoms with Gasteiger partial charge in [-0.15, -0.1) is 0 Å². The van der Waals surface area contributed by atoms with Crippen LogP contribution in [0.5, 0.6) is 0 Å². The first-order chi connectivity index (χ1) is 14.0. The molecule has 1 N–H and O–H groups in total. The van der Waals surface area contributed by atoms with Gasteiger partial charge < -0.3 is 4.74 Å². The van der Waals surface area contributed by atoms with Gasteiger partial charge in [-0.3, -0.25) is 14.9 Å². The van der Waals surface area contributed by atoms with E-state index in [1.807, 2.05) is 20.8 Å². The molecule has 0 aliphatic heterocycles. The number of rotatable bonds is 8. The lowest BCUT2D eigenvalue weighted by molar-refractivity contribution is -0.385. The topological polar surface area (TPSA) is 116 Å². The van der Waals surface area contributed by atoms with Crippen molar-refractivity contribution in [2.45, 2.75) is 52.5 Å². The van der Waals surface area contributed by atoms with E-state index in [-0.39, 0.29) is 35.7 Å². The summed E-state index contributed by atoms with van der Waals surface area (Å²) in [5.74, 6) is -0.652. The highest BCUT2D eigenvalue weighted by Crippen LogP contribution is 2.29. The Labute approximate surface area is 176 Å². The fourth-order valence-electron chi connectivity index (χ4n) is 3.27. The number of hydrogen-bond acceptors (Lipinski definition) is 6. The number of nitro benzene ring substituents is 1. The molecule has 30 heavy (non-hydrogen) atoms. The molecule has 0 unspecified atom stereocenters. The number of benzene rings is 2. The molecular formula is C21H26N2O6S. The highest BCUT2D eigenvalue weighted by Gasteiger charge is 2.23. The Hall–Kier alpha value is -2.78. The third kappa shape index (κ3) is 5.03. The average Bonchev–Trinajstić information content (AvgIpc) is 2.69. The summed E-state index contributed by atoms with van der Waals surface area (Å²) in [7, 11) is -3.81. The maximum absolute atomic E-state index is 12.8. The molecule has 2 aromatic carbocycles. The first-order valence-electron chi connectivity index (χ1n) is 9.42. The molecule has 0 atom stereocenters. The molecule has 2 aromatic rings. The number of carbonyl (C=O) groups is 1. The van der Waals surface area contributed by atoms with E-state index >= 15 is 0 Å². The number of nitrogens with zero attached hydrogens (tertiary/aromatic N) is 1. The van der Waals surface area contributed by atoms with Gasteiger partial charge in [0.15, 0.2) is 0 Å². The first-order valence-corrected chi connectivity index (χ1v) is 10.9. The maximum atomic E-state index is 12.8. The summed E-state index contributed by atoms with van der Waals surface area (Å²) in [6, 6.07) is 5.96. The molecule has 0 radical (unpaired) electrons. The lowest BCUT2D eigenvalue weighted by Gasteiger charge is -2.19. The zero-order chi connectivity index (χ0) is 22.6. The van der Waals surface area contributed by atoms with Gasteiger partial charge in [-0.2, -0.15) is 0 Å². The van der Waals surface area contributed by atoms with Crippen LogP contribution in [0.1, 0.15) is 39.8 Å². The molecule has 2 rings (SSSR count). The van der Waals surface area contributed by atoms with E-state index in [2.05, 4.69) is 4.72 Å². The van der Waals surface area contributed by atoms with Crippen molar-refractivity contribution < 1.29 is 22.9 Å². The summed E-state index contributed by atoms with van der Waals surface area (Å²) in [6.45, 7) is 8.88. The number of ether oxygens (including phenoxy) is 1. The molecule has 8 nitrogen and oxygen atoms in total. The fourth-order valence-corrected chi connectivity index (χ4v) is 4.90. The van der Waals surface area contributed by atoms with Gasteiger partial charge in [-0.1, -0.05) is 12.1 Å². The van der Waals surface area contributed by atoms with Crippen molar-refractivity contribution in [1.82, 2.24) is 4.72 Å². The van der Waals surface area contributed by atoms with Crippen LogP contribution in [0.25, 0.3) is 0 Å². The lowest BCUT2D eigenvalue weighted by Crippen LogP contribution is -2.28. The fraction of sp³-hybridized carbons (Fsp3) is 0.381. The summed E-state index contributed by atoms with van der Waals surface area (Å²) in [6.07, 6.45) is -0.193. The number of nitrogens with one attached hydrogen (secondary N) is 1. The van der Waals surface area contributed by atoms with Gasteiger partial charge in [-0.25, -0.2) is 13.1 Å². The van der Waals surface area contributed by atoms with Gasteiger partial charge >= 0.3 is 5.97 Å². The highest BCUT2D eigenvalue weighted by atomic mass is 32.2. The lowest BCUT2D eigenvalue weighted by atomic mass is 9.95. The maximum Gasteiger partial charge on any atom is 0.307 e. The molecular weight excluding hydrogens is 408 g/mol. The normalized spacial score (nSPS) is 11.4. The van der Waals surface area contributed by atoms with E-state index in [0.717, 1.165) is 16.7 Å². The molecule has 0 aliphatic rings. The van der Waals surface area contributed by atoms with E-state index in [1.54, 1.807) is 19.9 Å². The molecule has 0 saturated carbocycles. The van der Waals surface area contributed by atoms with Gasteiger partial charge in [-0.05, 0) is 68.5 Å². The number of para-hydroxylation sites is 1. The molecule has 9 heteroatoms. The van der Waals surface area contributed by atoms with Crippen molar-refractivity contribution >= 4 is 21.7 Å². The molecule has 0 amide bonds. The summed E-state index contributed by atoms with van der Waals surface area (Å²) >= 11 is 0. The number of carbonyl (C=O) groups excluding carboxylic acids is 1. The third-order valence-electron chi connectivity index (χ3n) is 5.40. The van der Waals surface area contributed by atoms with Gasteiger partial charge in [0.2, 0.25) is 10.0 Å². The van der Waals surface area contributed by atoms with Crippen LogP contribution in [0, 0.1) is 44.7 Å². The zero-order valence-corrected chi connectivity index (χ0v) is 18.6. The Morgan fingerprint density at radius 2 is 1.53 bits per heavy atom. The van der Waals surface area contributed by atoms with Crippen molar-refractivity contribution in [3.05, 3.63) is 67.8 Å². The van der Waals surface area contributed by atoms with Crippen LogP contribution in [0.3, 0.4) is 0 Å². The molecule has 162 valence electrons. The summed E-state index contributed by atoms with van der Waals surface area (Å²) in [5.41, 5.74) is 4.40. The SMILES string of the molecule is Cc1c(C)c(C)c(S(=O)(=O)NCCC(=O)OCc2ccccc2[N+](=O)[O-])c(C)c1C. The Bertz CT molecular complexity index is 1060. The van der Waals surface area contributed by atoms with Crippen LogP contribution in [0.4, 0.5) is 5.69 Å². The zero-order valence-electron chi connectivity index (χ0n) is 17.7. The van der Waals surface area contributed by atoms with Crippen LogP contribution >= 0.6 is 0 Å². The third-order valence-corrected chi connectivity index (χ3v) is 7.13. The van der Waals surface area contributed by atoms with Crippen LogP contribution in [-0.2, 0) is 26.2 Å². The van der Waals surface area contributed by atoms with Crippen molar-refractivity contribution in [3.63, 3.8) is 0 Å². The second-order valence-corrected chi connectivity index (χ2v) is 8.85. The minimum atomic E-state index is -3.81. The first kappa shape index (κ1) is 23.5. The van der Waals surface area contributed by atoms with Gasteiger partial charge in [0.05, 0.1) is 21.8 Å². The molecule has 0 aliphatic carbocycles. The number of hydrogen-bond donors (Lipinski definition) is 1. The second kappa shape index (κ2) is 9.36. The monoisotopic (exact) mass is 434 g/mol. The number of esters is 1. The number of nitro groups is 1. The average molecular weight is 435 g/mol. The van der Waals surface area contributed by atoms with Crippen molar-refractivity contribution in [3.8, 4) is 0 Å². The molecule has 0 fully saturated rings. The summed E-state index contributed by atoms with van der Waals surface area (Å²) < 4.78 is 33.2. The van der Waals surface area contributed by atoms with Gasteiger partial charge in [0.25, 0.3) is 5.69 Å². The van der Waals surface area contributed by atoms with Crippen molar-refractivity contribution in [2.24, 2.45) is 0 Å². The highest BCUT2D eigenvalue weighted by molar-refractivity contribution is 7.89. The second-order valence-electron chi connectivity index (χ2n) is 7.15. The van der Waals surface area contributed by atoms with E-state index in [0.29, 0.717) is 11.1 Å². The Morgan fingerprint density at radius 1 is 1.00 bits per heavy atom. The van der Waals surface area contributed by atoms with Crippen LogP contribution in [-0.4, -0.2) is 25.9 Å². The predicted octanol–water partition coefficient (Wildman–Crippen LogP) is 3.55. The largest absolute Gasteiger partial charge is 0.460 e.